The van der Waals surface area contributed by atoms with E-state index >= 15 is 0 Å². The van der Waals surface area contributed by atoms with Crippen molar-refractivity contribution in [3.63, 3.8) is 0 Å². The van der Waals surface area contributed by atoms with E-state index in [1.165, 1.54) is 51.4 Å². The van der Waals surface area contributed by atoms with Crippen molar-refractivity contribution in [2.24, 2.45) is 23.2 Å². The Labute approximate surface area is 123 Å². The molecule has 0 radical (unpaired) electrons. The molecule has 0 bridgehead atoms. The van der Waals surface area contributed by atoms with E-state index in [2.05, 4.69) is 48.5 Å². The van der Waals surface area contributed by atoms with Crippen molar-refractivity contribution in [3.8, 4) is 0 Å². The van der Waals surface area contributed by atoms with Crippen molar-refractivity contribution in [2.75, 3.05) is 0 Å². The molecule has 0 saturated heterocycles. The molecule has 0 aliphatic rings. The minimum Gasteiger partial charge on any atom is -0.0651 e. The second-order valence-corrected chi connectivity index (χ2v) is 7.95. The second-order valence-electron chi connectivity index (χ2n) is 7.95. The Kier molecular flexibility index (Phi) is 9.83. The van der Waals surface area contributed by atoms with E-state index in [-0.39, 0.29) is 0 Å². The van der Waals surface area contributed by atoms with E-state index in [1.807, 2.05) is 0 Å². The van der Waals surface area contributed by atoms with Crippen LogP contribution >= 0.6 is 0 Å². The normalized spacial score (nSPS) is 17.2. The zero-order valence-electron chi connectivity index (χ0n) is 14.9. The number of hydrogen-bond acceptors (Lipinski definition) is 0. The third-order valence-electron chi connectivity index (χ3n) is 5.17. The van der Waals surface area contributed by atoms with E-state index in [1.54, 1.807) is 0 Å². The summed E-state index contributed by atoms with van der Waals surface area (Å²) in [6.45, 7) is 16.7. The molecule has 0 N–H and O–H groups in total. The topological polar surface area (TPSA) is 0 Å². The zero-order valence-corrected chi connectivity index (χ0v) is 14.9. The van der Waals surface area contributed by atoms with Crippen molar-refractivity contribution < 1.29 is 0 Å². The smallest absolute Gasteiger partial charge is 0.0357 e. The molecule has 3 atom stereocenters. The van der Waals surface area contributed by atoms with E-state index in [9.17, 15) is 0 Å². The van der Waals surface area contributed by atoms with Gasteiger partial charge in [-0.25, -0.2) is 0 Å². The van der Waals surface area contributed by atoms with Crippen molar-refractivity contribution in [1.29, 1.82) is 0 Å². The Bertz CT molecular complexity index is 204. The van der Waals surface area contributed by atoms with Crippen LogP contribution in [0.5, 0.6) is 0 Å². The summed E-state index contributed by atoms with van der Waals surface area (Å²) in [5, 5.41) is 0. The van der Waals surface area contributed by atoms with E-state index in [0.29, 0.717) is 5.41 Å². The van der Waals surface area contributed by atoms with Crippen LogP contribution in [0.25, 0.3) is 0 Å². The SMILES string of the molecule is CCC(C)CC(C)CCCC(C)CCC(C)(C)CC. The molecule has 0 spiro atoms. The predicted molar refractivity (Wildman–Crippen MR) is 89.6 cm³/mol. The lowest BCUT2D eigenvalue weighted by atomic mass is 9.81. The van der Waals surface area contributed by atoms with Crippen LogP contribution in [0.15, 0.2) is 0 Å². The van der Waals surface area contributed by atoms with Gasteiger partial charge in [-0.2, -0.15) is 0 Å². The van der Waals surface area contributed by atoms with Crippen LogP contribution < -0.4 is 0 Å². The van der Waals surface area contributed by atoms with Crippen molar-refractivity contribution >= 4 is 0 Å². The van der Waals surface area contributed by atoms with Gasteiger partial charge in [-0.3, -0.25) is 0 Å². The molecule has 116 valence electrons. The predicted octanol–water partition coefficient (Wildman–Crippen LogP) is 7.08. The maximum absolute atomic E-state index is 2.45. The maximum atomic E-state index is 2.45. The minimum atomic E-state index is 0.554. The summed E-state index contributed by atoms with van der Waals surface area (Å²) in [6.07, 6.45) is 11.2. The Morgan fingerprint density at radius 3 is 1.89 bits per heavy atom. The summed E-state index contributed by atoms with van der Waals surface area (Å²) in [4.78, 5) is 0. The molecule has 0 saturated carbocycles. The van der Waals surface area contributed by atoms with E-state index in [4.69, 9.17) is 0 Å². The van der Waals surface area contributed by atoms with Gasteiger partial charge in [0.1, 0.15) is 0 Å². The van der Waals surface area contributed by atoms with Gasteiger partial charge in [0.15, 0.2) is 0 Å². The lowest BCUT2D eigenvalue weighted by molar-refractivity contribution is 0.278. The molecule has 0 aliphatic heterocycles. The van der Waals surface area contributed by atoms with Gasteiger partial charge in [-0.1, -0.05) is 87.0 Å². The summed E-state index contributed by atoms with van der Waals surface area (Å²) >= 11 is 0. The molecule has 0 nitrogen and oxygen atoms in total. The second kappa shape index (κ2) is 9.83. The molecule has 3 unspecified atom stereocenters. The quantitative estimate of drug-likeness (QED) is 0.375. The average Bonchev–Trinajstić information content (AvgIpc) is 2.36. The molecular weight excluding hydrogens is 228 g/mol. The highest BCUT2D eigenvalue weighted by Crippen LogP contribution is 2.30. The Morgan fingerprint density at radius 2 is 1.37 bits per heavy atom. The summed E-state index contributed by atoms with van der Waals surface area (Å²) < 4.78 is 0. The van der Waals surface area contributed by atoms with Crippen molar-refractivity contribution in [1.82, 2.24) is 0 Å². The standard InChI is InChI=1S/C19H40/c1-8-16(3)15-18(5)12-10-11-17(4)13-14-19(6,7)9-2/h16-18H,8-15H2,1-7H3. The molecule has 0 aromatic carbocycles. The zero-order chi connectivity index (χ0) is 14.9. The van der Waals surface area contributed by atoms with E-state index < -0.39 is 0 Å². The first-order valence-corrected chi connectivity index (χ1v) is 8.80. The highest BCUT2D eigenvalue weighted by molar-refractivity contribution is 4.68. The summed E-state index contributed by atoms with van der Waals surface area (Å²) in [7, 11) is 0. The lowest BCUT2D eigenvalue weighted by Crippen LogP contribution is -2.11. The van der Waals surface area contributed by atoms with Crippen LogP contribution in [-0.4, -0.2) is 0 Å². The first-order chi connectivity index (χ1) is 8.80. The van der Waals surface area contributed by atoms with Crippen LogP contribution in [0.4, 0.5) is 0 Å². The third-order valence-corrected chi connectivity index (χ3v) is 5.17. The van der Waals surface area contributed by atoms with Gasteiger partial charge >= 0.3 is 0 Å². The molecule has 0 aromatic rings. The molecule has 0 rings (SSSR count). The minimum absolute atomic E-state index is 0.554. The molecular formula is C19H40. The summed E-state index contributed by atoms with van der Waals surface area (Å²) in [6, 6.07) is 0. The van der Waals surface area contributed by atoms with Crippen LogP contribution in [0, 0.1) is 23.2 Å². The van der Waals surface area contributed by atoms with Gasteiger partial charge < -0.3 is 0 Å². The molecule has 19 heavy (non-hydrogen) atoms. The molecule has 0 fully saturated rings. The van der Waals surface area contributed by atoms with Gasteiger partial charge in [-0.15, -0.1) is 0 Å². The Hall–Kier alpha value is 0. The van der Waals surface area contributed by atoms with Gasteiger partial charge in [-0.05, 0) is 36.0 Å². The van der Waals surface area contributed by atoms with Crippen LogP contribution in [0.1, 0.15) is 99.8 Å². The van der Waals surface area contributed by atoms with Crippen LogP contribution in [0.2, 0.25) is 0 Å². The van der Waals surface area contributed by atoms with Gasteiger partial charge in [0.25, 0.3) is 0 Å². The number of hydrogen-bond donors (Lipinski definition) is 0. The summed E-state index contributed by atoms with van der Waals surface area (Å²) in [5.41, 5.74) is 0.554. The molecule has 0 heterocycles. The highest BCUT2D eigenvalue weighted by atomic mass is 14.2. The fourth-order valence-corrected chi connectivity index (χ4v) is 2.74. The van der Waals surface area contributed by atoms with Gasteiger partial charge in [0, 0.05) is 0 Å². The number of rotatable bonds is 11. The molecule has 0 amide bonds. The van der Waals surface area contributed by atoms with Crippen LogP contribution in [-0.2, 0) is 0 Å². The Morgan fingerprint density at radius 1 is 0.789 bits per heavy atom. The lowest BCUT2D eigenvalue weighted by Gasteiger charge is -2.24. The third kappa shape index (κ3) is 10.4. The molecule has 0 aromatic heterocycles. The maximum Gasteiger partial charge on any atom is -0.0357 e. The fraction of sp³-hybridized carbons (Fsp3) is 1.00. The first-order valence-electron chi connectivity index (χ1n) is 8.80. The first kappa shape index (κ1) is 19.0. The molecule has 0 heteroatoms. The fourth-order valence-electron chi connectivity index (χ4n) is 2.74. The monoisotopic (exact) mass is 268 g/mol. The highest BCUT2D eigenvalue weighted by Gasteiger charge is 2.16. The van der Waals surface area contributed by atoms with Crippen molar-refractivity contribution in [2.45, 2.75) is 99.8 Å². The molecule has 0 aliphatic carbocycles. The van der Waals surface area contributed by atoms with E-state index in [0.717, 1.165) is 17.8 Å². The van der Waals surface area contributed by atoms with Gasteiger partial charge in [0.2, 0.25) is 0 Å². The van der Waals surface area contributed by atoms with Gasteiger partial charge in [0.05, 0.1) is 0 Å². The average molecular weight is 269 g/mol. The van der Waals surface area contributed by atoms with Crippen LogP contribution in [0.3, 0.4) is 0 Å². The van der Waals surface area contributed by atoms with Crippen molar-refractivity contribution in [3.05, 3.63) is 0 Å². The Balaban J connectivity index is 3.65. The summed E-state index contributed by atoms with van der Waals surface area (Å²) in [5.74, 6) is 2.76. The largest absolute Gasteiger partial charge is 0.0651 e.